The van der Waals surface area contributed by atoms with Crippen LogP contribution >= 0.6 is 11.3 Å². The molecule has 4 rings (SSSR count). The first-order chi connectivity index (χ1) is 14.2. The average molecular weight is 407 g/mol. The van der Waals surface area contributed by atoms with Gasteiger partial charge < -0.3 is 14.6 Å². The van der Waals surface area contributed by atoms with Crippen LogP contribution in [0.5, 0.6) is 0 Å². The minimum Gasteiger partial charge on any atom is -0.377 e. The van der Waals surface area contributed by atoms with E-state index in [-0.39, 0.29) is 11.9 Å². The Morgan fingerprint density at radius 1 is 1.28 bits per heavy atom. The average Bonchev–Trinajstić information content (AvgIpc) is 3.49. The fourth-order valence-electron chi connectivity index (χ4n) is 3.16. The molecule has 2 N–H and O–H groups in total. The Morgan fingerprint density at radius 2 is 2.14 bits per heavy atom. The first-order valence-corrected chi connectivity index (χ1v) is 10.1. The van der Waals surface area contributed by atoms with Crippen LogP contribution in [0, 0.1) is 0 Å². The molecule has 0 aliphatic carbocycles. The van der Waals surface area contributed by atoms with Gasteiger partial charge in [0.15, 0.2) is 11.6 Å². The molecule has 1 aromatic carbocycles. The number of carbonyl (C=O) groups excluding carboxylic acids is 1. The van der Waals surface area contributed by atoms with Crippen molar-refractivity contribution in [1.82, 2.24) is 19.7 Å². The normalized spacial score (nSPS) is 12.0. The molecule has 0 bridgehead atoms. The van der Waals surface area contributed by atoms with Gasteiger partial charge >= 0.3 is 0 Å². The molecule has 1 atom stereocenters. The third-order valence-electron chi connectivity index (χ3n) is 4.51. The summed E-state index contributed by atoms with van der Waals surface area (Å²) >= 11 is 1.63. The molecular formula is C21H21N5O2S. The van der Waals surface area contributed by atoms with Crippen molar-refractivity contribution in [3.05, 3.63) is 77.0 Å². The van der Waals surface area contributed by atoms with Crippen LogP contribution in [0.2, 0.25) is 0 Å². The molecule has 0 saturated carbocycles. The fourth-order valence-corrected chi connectivity index (χ4v) is 3.87. The van der Waals surface area contributed by atoms with E-state index in [1.807, 2.05) is 54.2 Å². The number of amides is 1. The highest BCUT2D eigenvalue weighted by atomic mass is 32.1. The molecule has 0 aliphatic rings. The van der Waals surface area contributed by atoms with E-state index in [0.717, 1.165) is 11.1 Å². The van der Waals surface area contributed by atoms with Crippen LogP contribution < -0.4 is 5.32 Å². The molecule has 3 aromatic heterocycles. The SMILES string of the molecule is COCc1nc(-c2cccc(NC(=O)C[C@H](c3ccsc3)n3cccc3)c2)n[nH]1. The molecule has 0 radical (unpaired) electrons. The lowest BCUT2D eigenvalue weighted by molar-refractivity contribution is -0.116. The van der Waals surface area contributed by atoms with Crippen LogP contribution in [0.4, 0.5) is 5.69 Å². The molecule has 29 heavy (non-hydrogen) atoms. The van der Waals surface area contributed by atoms with E-state index < -0.39 is 0 Å². The van der Waals surface area contributed by atoms with Crippen molar-refractivity contribution >= 4 is 22.9 Å². The van der Waals surface area contributed by atoms with Crippen LogP contribution in [0.25, 0.3) is 11.4 Å². The van der Waals surface area contributed by atoms with Gasteiger partial charge in [-0.1, -0.05) is 12.1 Å². The third-order valence-corrected chi connectivity index (χ3v) is 5.21. The molecule has 4 aromatic rings. The molecule has 0 saturated heterocycles. The molecule has 7 nitrogen and oxygen atoms in total. The fraction of sp³-hybridized carbons (Fsp3) is 0.190. The van der Waals surface area contributed by atoms with Crippen LogP contribution in [0.3, 0.4) is 0 Å². The van der Waals surface area contributed by atoms with E-state index in [1.54, 1.807) is 18.4 Å². The van der Waals surface area contributed by atoms with Crippen LogP contribution in [-0.2, 0) is 16.1 Å². The molecule has 3 heterocycles. The topological polar surface area (TPSA) is 84.8 Å². The number of hydrogen-bond acceptors (Lipinski definition) is 5. The first kappa shape index (κ1) is 19.1. The zero-order valence-electron chi connectivity index (χ0n) is 15.9. The predicted molar refractivity (Wildman–Crippen MR) is 113 cm³/mol. The van der Waals surface area contributed by atoms with Crippen LogP contribution in [0.15, 0.2) is 65.6 Å². The summed E-state index contributed by atoms with van der Waals surface area (Å²) in [5, 5.41) is 14.2. The van der Waals surface area contributed by atoms with Gasteiger partial charge in [0.1, 0.15) is 6.61 Å². The molecular weight excluding hydrogens is 386 g/mol. The number of rotatable bonds is 8. The van der Waals surface area contributed by atoms with E-state index in [9.17, 15) is 4.79 Å². The van der Waals surface area contributed by atoms with Crippen molar-refractivity contribution in [2.75, 3.05) is 12.4 Å². The third kappa shape index (κ3) is 4.61. The van der Waals surface area contributed by atoms with Crippen LogP contribution in [0.1, 0.15) is 23.9 Å². The highest BCUT2D eigenvalue weighted by Crippen LogP contribution is 2.26. The van der Waals surface area contributed by atoms with Gasteiger partial charge in [-0.25, -0.2) is 4.98 Å². The second-order valence-electron chi connectivity index (χ2n) is 6.57. The monoisotopic (exact) mass is 407 g/mol. The first-order valence-electron chi connectivity index (χ1n) is 9.18. The molecule has 8 heteroatoms. The number of carbonyl (C=O) groups is 1. The summed E-state index contributed by atoms with van der Waals surface area (Å²) in [7, 11) is 1.61. The van der Waals surface area contributed by atoms with Gasteiger partial charge in [0.05, 0.1) is 12.5 Å². The van der Waals surface area contributed by atoms with E-state index in [1.165, 1.54) is 0 Å². The number of nitrogens with zero attached hydrogens (tertiary/aromatic N) is 3. The number of anilines is 1. The van der Waals surface area contributed by atoms with Crippen LogP contribution in [-0.4, -0.2) is 32.8 Å². The number of aromatic nitrogens is 4. The smallest absolute Gasteiger partial charge is 0.226 e. The number of thiophene rings is 1. The number of aromatic amines is 1. The number of nitrogens with one attached hydrogen (secondary N) is 2. The van der Waals surface area contributed by atoms with Crippen molar-refractivity contribution in [3.63, 3.8) is 0 Å². The van der Waals surface area contributed by atoms with Gasteiger partial charge in [-0.05, 0) is 46.7 Å². The van der Waals surface area contributed by atoms with E-state index >= 15 is 0 Å². The van der Waals surface area contributed by atoms with Gasteiger partial charge in [0.2, 0.25) is 5.91 Å². The number of methoxy groups -OCH3 is 1. The molecule has 0 aliphatic heterocycles. The van der Waals surface area contributed by atoms with Crippen molar-refractivity contribution in [1.29, 1.82) is 0 Å². The van der Waals surface area contributed by atoms with Gasteiger partial charge in [-0.2, -0.15) is 16.4 Å². The Balaban J connectivity index is 1.48. The number of ether oxygens (including phenoxy) is 1. The summed E-state index contributed by atoms with van der Waals surface area (Å²) in [4.78, 5) is 17.2. The molecule has 0 unspecified atom stereocenters. The second-order valence-corrected chi connectivity index (χ2v) is 7.35. The van der Waals surface area contributed by atoms with Crippen molar-refractivity contribution in [2.24, 2.45) is 0 Å². The predicted octanol–water partition coefficient (Wildman–Crippen LogP) is 4.10. The zero-order chi connectivity index (χ0) is 20.1. The summed E-state index contributed by atoms with van der Waals surface area (Å²) in [6.07, 6.45) is 4.31. The molecule has 1 amide bonds. The minimum absolute atomic E-state index is 0.0379. The standard InChI is InChI=1S/C21H21N5O2S/c1-28-13-19-23-21(25-24-19)15-5-4-6-17(11-15)22-20(27)12-18(16-7-10-29-14-16)26-8-2-3-9-26/h2-11,14,18H,12-13H2,1H3,(H,22,27)(H,23,24,25)/t18-/m1/s1. The van der Waals surface area contributed by atoms with Crippen molar-refractivity contribution < 1.29 is 9.53 Å². The van der Waals surface area contributed by atoms with Crippen molar-refractivity contribution in [3.8, 4) is 11.4 Å². The maximum Gasteiger partial charge on any atom is 0.226 e. The molecule has 0 fully saturated rings. The summed E-state index contributed by atoms with van der Waals surface area (Å²) in [6.45, 7) is 0.368. The number of H-pyrrole nitrogens is 1. The Morgan fingerprint density at radius 3 is 2.90 bits per heavy atom. The summed E-state index contributed by atoms with van der Waals surface area (Å²) in [6, 6.07) is 13.5. The zero-order valence-corrected chi connectivity index (χ0v) is 16.7. The minimum atomic E-state index is -0.0536. The Labute approximate surface area is 172 Å². The maximum atomic E-state index is 12.8. The number of hydrogen-bond donors (Lipinski definition) is 2. The lowest BCUT2D eigenvalue weighted by Crippen LogP contribution is -2.19. The maximum absolute atomic E-state index is 12.8. The van der Waals surface area contributed by atoms with Crippen molar-refractivity contribution in [2.45, 2.75) is 19.1 Å². The van der Waals surface area contributed by atoms with E-state index in [2.05, 4.69) is 36.5 Å². The highest BCUT2D eigenvalue weighted by molar-refractivity contribution is 7.08. The summed E-state index contributed by atoms with van der Waals surface area (Å²) in [5.41, 5.74) is 2.66. The summed E-state index contributed by atoms with van der Waals surface area (Å²) in [5.74, 6) is 1.17. The molecule has 148 valence electrons. The second kappa shape index (κ2) is 8.85. The van der Waals surface area contributed by atoms with Gasteiger partial charge in [0, 0.05) is 30.8 Å². The van der Waals surface area contributed by atoms with Gasteiger partial charge in [-0.15, -0.1) is 0 Å². The highest BCUT2D eigenvalue weighted by Gasteiger charge is 2.18. The Bertz CT molecular complexity index is 1020. The van der Waals surface area contributed by atoms with E-state index in [4.69, 9.17) is 4.74 Å². The lowest BCUT2D eigenvalue weighted by atomic mass is 10.1. The van der Waals surface area contributed by atoms with Gasteiger partial charge in [-0.3, -0.25) is 9.89 Å². The largest absolute Gasteiger partial charge is 0.377 e. The number of benzene rings is 1. The lowest BCUT2D eigenvalue weighted by Gasteiger charge is -2.18. The summed E-state index contributed by atoms with van der Waals surface area (Å²) < 4.78 is 7.12. The van der Waals surface area contributed by atoms with Gasteiger partial charge in [0.25, 0.3) is 0 Å². The Hall–Kier alpha value is -3.23. The van der Waals surface area contributed by atoms with E-state index in [0.29, 0.717) is 30.4 Å². The quantitative estimate of drug-likeness (QED) is 0.461. The molecule has 0 spiro atoms. The Kier molecular flexibility index (Phi) is 5.83.